The van der Waals surface area contributed by atoms with Crippen LogP contribution in [-0.2, 0) is 0 Å². The number of hydrogen-bond acceptors (Lipinski definition) is 1. The first-order valence-corrected chi connectivity index (χ1v) is 3.58. The van der Waals surface area contributed by atoms with Gasteiger partial charge in [0.15, 0.2) is 0 Å². The molecule has 2 heteroatoms. The molecule has 2 atom stereocenters. The molecule has 0 radical (unpaired) electrons. The topological polar surface area (TPSA) is 12.0 Å². The molecule has 1 aliphatic rings. The molecule has 1 aliphatic heterocycles. The van der Waals surface area contributed by atoms with Gasteiger partial charge in [0.1, 0.15) is 0 Å². The number of nitrogens with one attached hydrogen (secondary N) is 1. The van der Waals surface area contributed by atoms with Gasteiger partial charge in [0.25, 0.3) is 0 Å². The van der Waals surface area contributed by atoms with E-state index in [4.69, 9.17) is 0 Å². The molecule has 0 aromatic heterocycles. The van der Waals surface area contributed by atoms with Gasteiger partial charge < -0.3 is 5.32 Å². The van der Waals surface area contributed by atoms with Gasteiger partial charge in [0, 0.05) is 17.4 Å². The van der Waals surface area contributed by atoms with Crippen molar-refractivity contribution in [3.05, 3.63) is 0 Å². The molecule has 0 saturated carbocycles. The second-order valence-corrected chi connectivity index (χ2v) is 3.44. The first kappa shape index (κ1) is 5.57. The van der Waals surface area contributed by atoms with E-state index in [1.54, 1.807) is 0 Å². The minimum Gasteiger partial charge on any atom is -0.313 e. The van der Waals surface area contributed by atoms with E-state index in [9.17, 15) is 0 Å². The highest BCUT2D eigenvalue weighted by atomic mass is 79.9. The first-order chi connectivity index (χ1) is 3.29. The summed E-state index contributed by atoms with van der Waals surface area (Å²) in [5, 5.41) is 3.32. The molecule has 0 unspecified atom stereocenters. The molecule has 0 aliphatic carbocycles. The van der Waals surface area contributed by atoms with Crippen molar-refractivity contribution in [2.45, 2.75) is 24.2 Å². The standard InChI is InChI=1S/C5H10BrN/c1-4-2-5(6)3-7-4/h4-5,7H,2-3H2,1H3/t4-,5+/m1/s1. The van der Waals surface area contributed by atoms with Crippen LogP contribution in [0, 0.1) is 0 Å². The third-order valence-electron chi connectivity index (χ3n) is 1.30. The first-order valence-electron chi connectivity index (χ1n) is 2.66. The minimum atomic E-state index is 0.725. The quantitative estimate of drug-likeness (QED) is 0.529. The highest BCUT2D eigenvalue weighted by molar-refractivity contribution is 9.09. The van der Waals surface area contributed by atoms with Gasteiger partial charge >= 0.3 is 0 Å². The van der Waals surface area contributed by atoms with Gasteiger partial charge in [-0.3, -0.25) is 0 Å². The van der Waals surface area contributed by atoms with E-state index in [2.05, 4.69) is 28.2 Å². The SMILES string of the molecule is C[C@@H]1C[C@H](Br)CN1. The van der Waals surface area contributed by atoms with Crippen molar-refractivity contribution in [3.63, 3.8) is 0 Å². The predicted molar refractivity (Wildman–Crippen MR) is 34.8 cm³/mol. The van der Waals surface area contributed by atoms with Gasteiger partial charge in [-0.2, -0.15) is 0 Å². The van der Waals surface area contributed by atoms with Crippen LogP contribution in [0.2, 0.25) is 0 Å². The van der Waals surface area contributed by atoms with Crippen molar-refractivity contribution < 1.29 is 0 Å². The predicted octanol–water partition coefficient (Wildman–Crippen LogP) is 1.13. The monoisotopic (exact) mass is 163 g/mol. The lowest BCUT2D eigenvalue weighted by molar-refractivity contribution is 0.665. The Labute approximate surface area is 52.6 Å². The largest absolute Gasteiger partial charge is 0.313 e. The number of rotatable bonds is 0. The molecule has 1 N–H and O–H groups in total. The van der Waals surface area contributed by atoms with Crippen LogP contribution in [0.15, 0.2) is 0 Å². The normalized spacial score (nSPS) is 42.0. The number of halogens is 1. The molecule has 1 rings (SSSR count). The van der Waals surface area contributed by atoms with Crippen LogP contribution in [0.4, 0.5) is 0 Å². The van der Waals surface area contributed by atoms with Crippen LogP contribution in [0.25, 0.3) is 0 Å². The van der Waals surface area contributed by atoms with Crippen LogP contribution in [-0.4, -0.2) is 17.4 Å². The van der Waals surface area contributed by atoms with Gasteiger partial charge in [-0.1, -0.05) is 15.9 Å². The molecule has 1 saturated heterocycles. The molecule has 7 heavy (non-hydrogen) atoms. The Morgan fingerprint density at radius 1 is 1.71 bits per heavy atom. The van der Waals surface area contributed by atoms with Crippen LogP contribution < -0.4 is 5.32 Å². The molecular weight excluding hydrogens is 154 g/mol. The summed E-state index contributed by atoms with van der Waals surface area (Å²) >= 11 is 3.52. The molecule has 0 bridgehead atoms. The van der Waals surface area contributed by atoms with Crippen molar-refractivity contribution >= 4 is 15.9 Å². The summed E-state index contributed by atoms with van der Waals surface area (Å²) in [6.45, 7) is 3.35. The third kappa shape index (κ3) is 1.42. The summed E-state index contributed by atoms with van der Waals surface area (Å²) < 4.78 is 0. The summed E-state index contributed by atoms with van der Waals surface area (Å²) in [5.74, 6) is 0. The van der Waals surface area contributed by atoms with E-state index in [1.165, 1.54) is 6.42 Å². The average molecular weight is 164 g/mol. The van der Waals surface area contributed by atoms with Crippen molar-refractivity contribution in [2.75, 3.05) is 6.54 Å². The second-order valence-electron chi connectivity index (χ2n) is 2.14. The Kier molecular flexibility index (Phi) is 1.70. The summed E-state index contributed by atoms with van der Waals surface area (Å²) in [6, 6.07) is 0.726. The average Bonchev–Trinajstić information content (AvgIpc) is 1.87. The second kappa shape index (κ2) is 2.14. The van der Waals surface area contributed by atoms with Gasteiger partial charge in [-0.25, -0.2) is 0 Å². The fourth-order valence-electron chi connectivity index (χ4n) is 0.879. The summed E-state index contributed by atoms with van der Waals surface area (Å²) in [7, 11) is 0. The molecule has 0 spiro atoms. The highest BCUT2D eigenvalue weighted by Gasteiger charge is 2.16. The maximum absolute atomic E-state index is 3.52. The van der Waals surface area contributed by atoms with Gasteiger partial charge in [-0.05, 0) is 13.3 Å². The molecule has 1 fully saturated rings. The Hall–Kier alpha value is 0.440. The summed E-state index contributed by atoms with van der Waals surface area (Å²) in [4.78, 5) is 0.725. The van der Waals surface area contributed by atoms with Gasteiger partial charge in [0.05, 0.1) is 0 Å². The zero-order valence-corrected chi connectivity index (χ0v) is 6.03. The van der Waals surface area contributed by atoms with E-state index >= 15 is 0 Å². The molecular formula is C5H10BrN. The van der Waals surface area contributed by atoms with Gasteiger partial charge in [-0.15, -0.1) is 0 Å². The maximum Gasteiger partial charge on any atom is 0.0285 e. The summed E-state index contributed by atoms with van der Waals surface area (Å²) in [6.07, 6.45) is 1.28. The van der Waals surface area contributed by atoms with Crippen LogP contribution in [0.1, 0.15) is 13.3 Å². The lowest BCUT2D eigenvalue weighted by Crippen LogP contribution is -2.16. The Balaban J connectivity index is 2.26. The Bertz CT molecular complexity index is 57.1. The fraction of sp³-hybridized carbons (Fsp3) is 1.00. The van der Waals surface area contributed by atoms with Crippen molar-refractivity contribution in [3.8, 4) is 0 Å². The molecule has 1 heterocycles. The minimum absolute atomic E-state index is 0.725. The maximum atomic E-state index is 3.52. The Morgan fingerprint density at radius 2 is 2.43 bits per heavy atom. The van der Waals surface area contributed by atoms with Gasteiger partial charge in [0.2, 0.25) is 0 Å². The zero-order valence-electron chi connectivity index (χ0n) is 4.45. The van der Waals surface area contributed by atoms with E-state index < -0.39 is 0 Å². The molecule has 0 amide bonds. The van der Waals surface area contributed by atoms with Crippen molar-refractivity contribution in [2.24, 2.45) is 0 Å². The summed E-state index contributed by atoms with van der Waals surface area (Å²) in [5.41, 5.74) is 0. The Morgan fingerprint density at radius 3 is 2.57 bits per heavy atom. The van der Waals surface area contributed by atoms with E-state index in [-0.39, 0.29) is 0 Å². The zero-order chi connectivity index (χ0) is 5.28. The number of alkyl halides is 1. The van der Waals surface area contributed by atoms with Crippen molar-refractivity contribution in [1.82, 2.24) is 5.32 Å². The highest BCUT2D eigenvalue weighted by Crippen LogP contribution is 2.12. The molecule has 0 aromatic rings. The fourth-order valence-corrected chi connectivity index (χ4v) is 1.63. The van der Waals surface area contributed by atoms with Crippen molar-refractivity contribution in [1.29, 1.82) is 0 Å². The lowest BCUT2D eigenvalue weighted by atomic mass is 10.3. The van der Waals surface area contributed by atoms with E-state index in [1.807, 2.05) is 0 Å². The van der Waals surface area contributed by atoms with E-state index in [0.717, 1.165) is 17.4 Å². The third-order valence-corrected chi connectivity index (χ3v) is 1.99. The number of hydrogen-bond donors (Lipinski definition) is 1. The smallest absolute Gasteiger partial charge is 0.0285 e. The van der Waals surface area contributed by atoms with Crippen LogP contribution in [0.5, 0.6) is 0 Å². The molecule has 0 aromatic carbocycles. The lowest BCUT2D eigenvalue weighted by Gasteiger charge is -1.95. The van der Waals surface area contributed by atoms with Crippen LogP contribution in [0.3, 0.4) is 0 Å². The van der Waals surface area contributed by atoms with E-state index in [0.29, 0.717) is 0 Å². The molecule has 1 nitrogen and oxygen atoms in total. The molecule has 42 valence electrons. The van der Waals surface area contributed by atoms with Crippen LogP contribution >= 0.6 is 15.9 Å².